The van der Waals surface area contributed by atoms with Crippen molar-refractivity contribution in [2.24, 2.45) is 5.73 Å². The van der Waals surface area contributed by atoms with Crippen molar-refractivity contribution in [1.82, 2.24) is 9.88 Å². The second-order valence-corrected chi connectivity index (χ2v) is 5.12. The van der Waals surface area contributed by atoms with Crippen LogP contribution in [0.5, 0.6) is 0 Å². The van der Waals surface area contributed by atoms with Crippen molar-refractivity contribution in [2.45, 2.75) is 31.8 Å². The molecule has 0 aromatic carbocycles. The monoisotopic (exact) mass is 269 g/mol. The largest absolute Gasteiger partial charge is 0.480 e. The lowest BCUT2D eigenvalue weighted by atomic mass is 10.0. The molecule has 1 aliphatic heterocycles. The summed E-state index contributed by atoms with van der Waals surface area (Å²) in [7, 11) is 0. The van der Waals surface area contributed by atoms with Crippen molar-refractivity contribution >= 4 is 23.2 Å². The Morgan fingerprint density at radius 1 is 1.56 bits per heavy atom. The number of amides is 1. The normalized spacial score (nSPS) is 19.8. The molecule has 2 rings (SSSR count). The average molecular weight is 269 g/mol. The highest BCUT2D eigenvalue weighted by Gasteiger charge is 2.33. The first-order chi connectivity index (χ1) is 8.63. The molecule has 0 saturated carbocycles. The second kappa shape index (κ2) is 5.45. The molecule has 18 heavy (non-hydrogen) atoms. The summed E-state index contributed by atoms with van der Waals surface area (Å²) in [5.74, 6) is -1.25. The number of carboxylic acid groups (broad SMARTS) is 1. The molecule has 1 aliphatic rings. The van der Waals surface area contributed by atoms with Crippen LogP contribution in [-0.4, -0.2) is 39.5 Å². The Morgan fingerprint density at radius 3 is 2.94 bits per heavy atom. The highest BCUT2D eigenvalue weighted by Crippen LogP contribution is 2.20. The van der Waals surface area contributed by atoms with Crippen molar-refractivity contribution in [2.75, 3.05) is 6.54 Å². The molecule has 98 valence electrons. The van der Waals surface area contributed by atoms with Gasteiger partial charge >= 0.3 is 5.97 Å². The van der Waals surface area contributed by atoms with E-state index in [4.69, 9.17) is 10.8 Å². The third-order valence-corrected chi connectivity index (χ3v) is 3.87. The van der Waals surface area contributed by atoms with E-state index in [0.717, 1.165) is 12.8 Å². The zero-order chi connectivity index (χ0) is 13.1. The fraction of sp³-hybridized carbons (Fsp3) is 0.545. The minimum absolute atomic E-state index is 0.292. The molecule has 0 bridgehead atoms. The third kappa shape index (κ3) is 2.51. The zero-order valence-corrected chi connectivity index (χ0v) is 10.7. The SMILES string of the molecule is NCc1nc(C(=O)N2CCCC[C@@H]2C(=O)O)cs1. The number of hydrogen-bond donors (Lipinski definition) is 2. The molecule has 0 aliphatic carbocycles. The number of nitrogens with two attached hydrogens (primary N) is 1. The predicted molar refractivity (Wildman–Crippen MR) is 66.3 cm³/mol. The molecule has 1 aromatic rings. The molecule has 6 nitrogen and oxygen atoms in total. The smallest absolute Gasteiger partial charge is 0.326 e. The highest BCUT2D eigenvalue weighted by molar-refractivity contribution is 7.09. The average Bonchev–Trinajstić information content (AvgIpc) is 2.86. The lowest BCUT2D eigenvalue weighted by Crippen LogP contribution is -2.48. The van der Waals surface area contributed by atoms with Crippen LogP contribution in [0.3, 0.4) is 0 Å². The topological polar surface area (TPSA) is 96.5 Å². The van der Waals surface area contributed by atoms with Gasteiger partial charge in [0.1, 0.15) is 16.7 Å². The summed E-state index contributed by atoms with van der Waals surface area (Å²) in [4.78, 5) is 28.9. The van der Waals surface area contributed by atoms with Gasteiger partial charge in [-0.3, -0.25) is 4.79 Å². The maximum atomic E-state index is 12.2. The summed E-state index contributed by atoms with van der Waals surface area (Å²) in [6.45, 7) is 0.769. The third-order valence-electron chi connectivity index (χ3n) is 2.99. The van der Waals surface area contributed by atoms with E-state index in [9.17, 15) is 9.59 Å². The summed E-state index contributed by atoms with van der Waals surface area (Å²) in [5.41, 5.74) is 5.75. The molecule has 0 unspecified atom stereocenters. The van der Waals surface area contributed by atoms with E-state index in [0.29, 0.717) is 30.2 Å². The number of carboxylic acids is 1. The van der Waals surface area contributed by atoms with Crippen molar-refractivity contribution in [1.29, 1.82) is 0 Å². The van der Waals surface area contributed by atoms with Gasteiger partial charge in [0.15, 0.2) is 0 Å². The Balaban J connectivity index is 2.17. The van der Waals surface area contributed by atoms with Crippen LogP contribution in [-0.2, 0) is 11.3 Å². The molecule has 1 atom stereocenters. The number of aromatic nitrogens is 1. The fourth-order valence-electron chi connectivity index (χ4n) is 2.08. The highest BCUT2D eigenvalue weighted by atomic mass is 32.1. The number of likely N-dealkylation sites (tertiary alicyclic amines) is 1. The number of carbonyl (C=O) groups excluding carboxylic acids is 1. The maximum Gasteiger partial charge on any atom is 0.326 e. The Kier molecular flexibility index (Phi) is 3.93. The van der Waals surface area contributed by atoms with Crippen molar-refractivity contribution in [3.8, 4) is 0 Å². The minimum atomic E-state index is -0.947. The van der Waals surface area contributed by atoms with Crippen LogP contribution in [0.4, 0.5) is 0 Å². The lowest BCUT2D eigenvalue weighted by molar-refractivity contribution is -0.143. The molecule has 7 heteroatoms. The number of rotatable bonds is 3. The van der Waals surface area contributed by atoms with E-state index in [2.05, 4.69) is 4.98 Å². The molecule has 3 N–H and O–H groups in total. The number of carbonyl (C=O) groups is 2. The molecule has 1 fully saturated rings. The summed E-state index contributed by atoms with van der Waals surface area (Å²) >= 11 is 1.32. The van der Waals surface area contributed by atoms with Crippen LogP contribution in [0.25, 0.3) is 0 Å². The Labute approximate surface area is 108 Å². The molecule has 2 heterocycles. The molecular formula is C11H15N3O3S. The first-order valence-electron chi connectivity index (χ1n) is 5.81. The maximum absolute atomic E-state index is 12.2. The molecule has 1 amide bonds. The number of piperidine rings is 1. The second-order valence-electron chi connectivity index (χ2n) is 4.18. The summed E-state index contributed by atoms with van der Waals surface area (Å²) in [5, 5.41) is 11.4. The van der Waals surface area contributed by atoms with Gasteiger partial charge in [-0.1, -0.05) is 0 Å². The van der Waals surface area contributed by atoms with Crippen LogP contribution < -0.4 is 5.73 Å². The van der Waals surface area contributed by atoms with Gasteiger partial charge in [0.05, 0.1) is 0 Å². The van der Waals surface area contributed by atoms with Gasteiger partial charge in [-0.05, 0) is 19.3 Å². The molecule has 1 saturated heterocycles. The quantitative estimate of drug-likeness (QED) is 0.841. The first kappa shape index (κ1) is 13.0. The van der Waals surface area contributed by atoms with Crippen LogP contribution >= 0.6 is 11.3 Å². The number of hydrogen-bond acceptors (Lipinski definition) is 5. The van der Waals surface area contributed by atoms with Crippen LogP contribution in [0.2, 0.25) is 0 Å². The van der Waals surface area contributed by atoms with Gasteiger partial charge in [-0.2, -0.15) is 0 Å². The van der Waals surface area contributed by atoms with E-state index >= 15 is 0 Å². The van der Waals surface area contributed by atoms with E-state index < -0.39 is 12.0 Å². The van der Waals surface area contributed by atoms with Gasteiger partial charge in [0.2, 0.25) is 0 Å². The van der Waals surface area contributed by atoms with Gasteiger partial charge in [0, 0.05) is 18.5 Å². The van der Waals surface area contributed by atoms with Crippen LogP contribution in [0.15, 0.2) is 5.38 Å². The van der Waals surface area contributed by atoms with Crippen molar-refractivity contribution < 1.29 is 14.7 Å². The fourth-order valence-corrected chi connectivity index (χ4v) is 2.73. The van der Waals surface area contributed by atoms with E-state index in [1.807, 2.05) is 0 Å². The summed E-state index contributed by atoms with van der Waals surface area (Å²) in [6.07, 6.45) is 2.18. The van der Waals surface area contributed by atoms with Gasteiger partial charge in [0.25, 0.3) is 5.91 Å². The van der Waals surface area contributed by atoms with Crippen molar-refractivity contribution in [3.05, 3.63) is 16.1 Å². The molecular weight excluding hydrogens is 254 g/mol. The van der Waals surface area contributed by atoms with Gasteiger partial charge in [-0.15, -0.1) is 11.3 Å². The zero-order valence-electron chi connectivity index (χ0n) is 9.83. The van der Waals surface area contributed by atoms with E-state index in [1.165, 1.54) is 16.2 Å². The van der Waals surface area contributed by atoms with Gasteiger partial charge < -0.3 is 15.7 Å². The molecule has 0 radical (unpaired) electrons. The van der Waals surface area contributed by atoms with E-state index in [1.54, 1.807) is 5.38 Å². The minimum Gasteiger partial charge on any atom is -0.480 e. The predicted octanol–water partition coefficient (Wildman–Crippen LogP) is 0.681. The molecule has 0 spiro atoms. The number of thiazole rings is 1. The molecule has 1 aromatic heterocycles. The van der Waals surface area contributed by atoms with Gasteiger partial charge in [-0.25, -0.2) is 9.78 Å². The van der Waals surface area contributed by atoms with Crippen LogP contribution in [0, 0.1) is 0 Å². The lowest BCUT2D eigenvalue weighted by Gasteiger charge is -2.32. The summed E-state index contributed by atoms with van der Waals surface area (Å²) in [6, 6.07) is -0.728. The number of aliphatic carboxylic acids is 1. The Bertz CT molecular complexity index is 460. The first-order valence-corrected chi connectivity index (χ1v) is 6.69. The Morgan fingerprint density at radius 2 is 2.33 bits per heavy atom. The summed E-state index contributed by atoms with van der Waals surface area (Å²) < 4.78 is 0. The standard InChI is InChI=1S/C11H15N3O3S/c12-5-9-13-7(6-18-9)10(15)14-4-2-1-3-8(14)11(16)17/h6,8H,1-5,12H2,(H,16,17)/t8-/m1/s1. The number of nitrogens with zero attached hydrogens (tertiary/aromatic N) is 2. The van der Waals surface area contributed by atoms with E-state index in [-0.39, 0.29) is 5.91 Å². The Hall–Kier alpha value is -1.47. The van der Waals surface area contributed by atoms with Crippen molar-refractivity contribution in [3.63, 3.8) is 0 Å². The van der Waals surface area contributed by atoms with Crippen LogP contribution in [0.1, 0.15) is 34.8 Å².